The number of ether oxygens (including phenoxy) is 3. The molecule has 1 N–H and O–H groups in total. The first-order valence-electron chi connectivity index (χ1n) is 15.6. The molecule has 0 aromatic heterocycles. The van der Waals surface area contributed by atoms with Crippen molar-refractivity contribution >= 4 is 18.0 Å². The predicted molar refractivity (Wildman–Crippen MR) is 169 cm³/mol. The van der Waals surface area contributed by atoms with Gasteiger partial charge in [0.2, 0.25) is 0 Å². The van der Waals surface area contributed by atoms with Gasteiger partial charge >= 0.3 is 12.1 Å². The van der Waals surface area contributed by atoms with E-state index in [1.807, 2.05) is 36.4 Å². The number of carbonyl (C=O) groups excluding carboxylic acids is 3. The van der Waals surface area contributed by atoms with E-state index in [9.17, 15) is 14.4 Å². The smallest absolute Gasteiger partial charge is 0.407 e. The van der Waals surface area contributed by atoms with Gasteiger partial charge in [-0.1, -0.05) is 60.7 Å². The Morgan fingerprint density at radius 2 is 1.58 bits per heavy atom. The lowest BCUT2D eigenvalue weighted by molar-refractivity contribution is -0.258. The Balaban J connectivity index is 1.19. The molecule has 0 bridgehead atoms. The number of nitrogens with one attached hydrogen (secondary N) is 1. The summed E-state index contributed by atoms with van der Waals surface area (Å²) in [6.45, 7) is 6.12. The van der Waals surface area contributed by atoms with Crippen molar-refractivity contribution < 1.29 is 33.4 Å². The van der Waals surface area contributed by atoms with Crippen LogP contribution in [0.25, 0.3) is 11.1 Å². The molecule has 0 saturated carbocycles. The monoisotopic (exact) mass is 614 g/mol. The molecule has 9 nitrogen and oxygen atoms in total. The fraction of sp³-hybridized carbons (Fsp3) is 0.417. The van der Waals surface area contributed by atoms with Crippen LogP contribution in [-0.2, 0) is 30.3 Å². The SMILES string of the molecule is CN(OC1CCCCO1)C(=O)c1ccc(CCC(NC(=O)OCC2c3ccccc3-c3ccccc32)C(=O)OC(C)(C)C)cc1. The van der Waals surface area contributed by atoms with Gasteiger partial charge in [0.1, 0.15) is 18.2 Å². The Morgan fingerprint density at radius 1 is 0.933 bits per heavy atom. The van der Waals surface area contributed by atoms with E-state index in [2.05, 4.69) is 29.6 Å². The predicted octanol–water partition coefficient (Wildman–Crippen LogP) is 6.40. The second-order valence-corrected chi connectivity index (χ2v) is 12.5. The first-order valence-corrected chi connectivity index (χ1v) is 15.6. The second kappa shape index (κ2) is 14.3. The number of fused-ring (bicyclic) bond motifs is 3. The van der Waals surface area contributed by atoms with Crippen LogP contribution in [-0.4, -0.2) is 61.2 Å². The van der Waals surface area contributed by atoms with E-state index in [1.165, 1.54) is 5.06 Å². The molecular weight excluding hydrogens is 572 g/mol. The molecule has 3 aromatic carbocycles. The summed E-state index contributed by atoms with van der Waals surface area (Å²) in [6, 6.07) is 22.4. The van der Waals surface area contributed by atoms with E-state index in [1.54, 1.807) is 40.0 Å². The van der Waals surface area contributed by atoms with Crippen molar-refractivity contribution in [3.63, 3.8) is 0 Å². The van der Waals surface area contributed by atoms with Gasteiger partial charge in [-0.05, 0) is 86.4 Å². The van der Waals surface area contributed by atoms with Crippen LogP contribution in [0.15, 0.2) is 72.8 Å². The van der Waals surface area contributed by atoms with Crippen molar-refractivity contribution in [1.82, 2.24) is 10.4 Å². The van der Waals surface area contributed by atoms with Crippen molar-refractivity contribution in [2.24, 2.45) is 0 Å². The van der Waals surface area contributed by atoms with Crippen LogP contribution in [0.3, 0.4) is 0 Å². The summed E-state index contributed by atoms with van der Waals surface area (Å²) >= 11 is 0. The minimum Gasteiger partial charge on any atom is -0.458 e. The molecule has 2 unspecified atom stereocenters. The molecule has 1 saturated heterocycles. The highest BCUT2D eigenvalue weighted by molar-refractivity contribution is 5.93. The number of hydrogen-bond donors (Lipinski definition) is 1. The topological polar surface area (TPSA) is 103 Å². The number of rotatable bonds is 10. The first kappa shape index (κ1) is 32.2. The maximum atomic E-state index is 13.1. The van der Waals surface area contributed by atoms with E-state index < -0.39 is 30.0 Å². The standard InChI is InChI=1S/C36H42N2O7/c1-36(2,3)44-34(40)31(21-18-24-16-19-25(20-17-24)33(39)38(4)45-32-15-9-10-22-42-32)37-35(41)43-23-30-28-13-7-5-11-26(28)27-12-6-8-14-29(27)30/h5-8,11-14,16-17,19-20,30-32H,9-10,15,18,21-23H2,1-4H3,(H,37,41). The summed E-state index contributed by atoms with van der Waals surface area (Å²) in [7, 11) is 1.58. The molecular formula is C36H42N2O7. The van der Waals surface area contributed by atoms with Crippen molar-refractivity contribution in [2.75, 3.05) is 20.3 Å². The highest BCUT2D eigenvalue weighted by Gasteiger charge is 2.31. The summed E-state index contributed by atoms with van der Waals surface area (Å²) in [4.78, 5) is 44.7. The zero-order chi connectivity index (χ0) is 32.0. The number of hydrogen-bond acceptors (Lipinski definition) is 7. The van der Waals surface area contributed by atoms with E-state index in [0.717, 1.165) is 47.1 Å². The number of alkyl carbamates (subject to hydrolysis) is 1. The molecule has 9 heteroatoms. The molecule has 238 valence electrons. The highest BCUT2D eigenvalue weighted by atomic mass is 16.8. The van der Waals surface area contributed by atoms with Crippen molar-refractivity contribution in [2.45, 2.75) is 76.7 Å². The molecule has 0 spiro atoms. The minimum atomic E-state index is -0.920. The van der Waals surface area contributed by atoms with E-state index >= 15 is 0 Å². The molecule has 3 aromatic rings. The summed E-state index contributed by atoms with van der Waals surface area (Å²) in [5.74, 6) is -0.908. The average Bonchev–Trinajstić information content (AvgIpc) is 3.35. The maximum Gasteiger partial charge on any atom is 0.407 e. The first-order chi connectivity index (χ1) is 21.6. The van der Waals surface area contributed by atoms with Crippen LogP contribution in [0.1, 0.15) is 79.4 Å². The van der Waals surface area contributed by atoms with Gasteiger partial charge < -0.3 is 19.5 Å². The Bertz CT molecular complexity index is 1450. The third-order valence-corrected chi connectivity index (χ3v) is 7.95. The Kier molecular flexibility index (Phi) is 10.2. The number of carbonyl (C=O) groups is 3. The Hall–Kier alpha value is -4.21. The van der Waals surface area contributed by atoms with Gasteiger partial charge in [0.25, 0.3) is 5.91 Å². The summed E-state index contributed by atoms with van der Waals surface area (Å²) < 4.78 is 16.9. The third-order valence-electron chi connectivity index (χ3n) is 7.95. The highest BCUT2D eigenvalue weighted by Crippen LogP contribution is 2.44. The number of amides is 2. The maximum absolute atomic E-state index is 13.1. The van der Waals surface area contributed by atoms with Gasteiger partial charge in [0.05, 0.1) is 0 Å². The minimum absolute atomic E-state index is 0.0935. The number of benzene rings is 3. The van der Waals surface area contributed by atoms with Crippen LogP contribution in [0.2, 0.25) is 0 Å². The van der Waals surface area contributed by atoms with E-state index in [4.69, 9.17) is 19.0 Å². The lowest BCUT2D eigenvalue weighted by Gasteiger charge is -2.27. The molecule has 5 rings (SSSR count). The third kappa shape index (κ3) is 8.29. The molecule has 2 atom stereocenters. The quantitative estimate of drug-likeness (QED) is 0.208. The van der Waals surface area contributed by atoms with Gasteiger partial charge in [-0.3, -0.25) is 4.79 Å². The largest absolute Gasteiger partial charge is 0.458 e. The average molecular weight is 615 g/mol. The number of aryl methyl sites for hydroxylation is 1. The number of esters is 1. The van der Waals surface area contributed by atoms with E-state index in [-0.39, 0.29) is 24.9 Å². The molecule has 45 heavy (non-hydrogen) atoms. The van der Waals surface area contributed by atoms with Crippen LogP contribution < -0.4 is 5.32 Å². The molecule has 2 amide bonds. The fourth-order valence-electron chi connectivity index (χ4n) is 5.73. The van der Waals surface area contributed by atoms with Gasteiger partial charge in [-0.15, -0.1) is 0 Å². The van der Waals surface area contributed by atoms with Gasteiger partial charge in [-0.25, -0.2) is 19.5 Å². The number of nitrogens with zero attached hydrogens (tertiary/aromatic N) is 1. The molecule has 1 aliphatic heterocycles. The van der Waals surface area contributed by atoms with Crippen molar-refractivity contribution in [3.8, 4) is 11.1 Å². The molecule has 2 aliphatic rings. The normalized spacial score (nSPS) is 16.7. The summed E-state index contributed by atoms with van der Waals surface area (Å²) in [5, 5.41) is 3.95. The summed E-state index contributed by atoms with van der Waals surface area (Å²) in [6.07, 6.45) is 2.40. The molecule has 1 aliphatic carbocycles. The van der Waals surface area contributed by atoms with Crippen molar-refractivity contribution in [3.05, 3.63) is 95.1 Å². The van der Waals surface area contributed by atoms with Crippen molar-refractivity contribution in [1.29, 1.82) is 0 Å². The lowest BCUT2D eigenvalue weighted by atomic mass is 9.98. The zero-order valence-electron chi connectivity index (χ0n) is 26.4. The van der Waals surface area contributed by atoms with E-state index in [0.29, 0.717) is 18.6 Å². The van der Waals surface area contributed by atoms with Crippen LogP contribution >= 0.6 is 0 Å². The Labute approximate surface area is 264 Å². The molecule has 0 radical (unpaired) electrons. The van der Waals surface area contributed by atoms with Gasteiger partial charge in [0, 0.05) is 31.6 Å². The van der Waals surface area contributed by atoms with Gasteiger partial charge in [0.15, 0.2) is 6.29 Å². The summed E-state index contributed by atoms with van der Waals surface area (Å²) in [5.41, 5.74) is 5.13. The van der Waals surface area contributed by atoms with Crippen LogP contribution in [0.5, 0.6) is 0 Å². The zero-order valence-corrected chi connectivity index (χ0v) is 26.4. The van der Waals surface area contributed by atoms with Gasteiger partial charge in [-0.2, -0.15) is 0 Å². The molecule has 1 fully saturated rings. The number of hydroxylamine groups is 2. The second-order valence-electron chi connectivity index (χ2n) is 12.5. The van der Waals surface area contributed by atoms with Crippen LogP contribution in [0.4, 0.5) is 4.79 Å². The Morgan fingerprint density at radius 3 is 2.18 bits per heavy atom. The molecule has 1 heterocycles. The lowest BCUT2D eigenvalue weighted by Crippen LogP contribution is -2.45. The van der Waals surface area contributed by atoms with Crippen LogP contribution in [0, 0.1) is 0 Å². The fourth-order valence-corrected chi connectivity index (χ4v) is 5.73.